The van der Waals surface area contributed by atoms with Gasteiger partial charge >= 0.3 is 0 Å². The first-order valence-corrected chi connectivity index (χ1v) is 19.4. The van der Waals surface area contributed by atoms with Crippen LogP contribution in [0.5, 0.6) is 11.5 Å². The number of nitriles is 1. The van der Waals surface area contributed by atoms with Gasteiger partial charge in [0, 0.05) is 36.6 Å². The van der Waals surface area contributed by atoms with Gasteiger partial charge in [0.1, 0.15) is 23.2 Å². The number of nitro benzene ring substituents is 1. The van der Waals surface area contributed by atoms with Crippen molar-refractivity contribution >= 4 is 14.2 Å². The van der Waals surface area contributed by atoms with Crippen molar-refractivity contribution in [1.82, 2.24) is 4.67 Å². The Morgan fingerprint density at radius 3 is 1.96 bits per heavy atom. The molecule has 11 nitrogen and oxygen atoms in total. The lowest BCUT2D eigenvalue weighted by atomic mass is 9.80. The molecule has 1 aliphatic rings. The topological polar surface area (TPSA) is 126 Å². The molecule has 1 heterocycles. The number of ether oxygens (including phenoxy) is 4. The summed E-state index contributed by atoms with van der Waals surface area (Å²) in [5.74, 6) is 1.43. The molecule has 2 unspecified atom stereocenters. The van der Waals surface area contributed by atoms with Gasteiger partial charge in [-0.15, -0.1) is 0 Å². The summed E-state index contributed by atoms with van der Waals surface area (Å²) in [5, 5.41) is 21.3. The molecular weight excluding hydrogens is 705 g/mol. The molecule has 1 saturated heterocycles. The highest BCUT2D eigenvalue weighted by Gasteiger charge is 2.44. The number of nitrogens with zero attached hydrogens (tertiary/aromatic N) is 3. The summed E-state index contributed by atoms with van der Waals surface area (Å²) in [6.07, 6.45) is -0.480. The van der Waals surface area contributed by atoms with E-state index in [1.54, 1.807) is 32.4 Å². The third-order valence-corrected chi connectivity index (χ3v) is 11.6. The molecule has 4 aromatic rings. The average molecular weight is 756 g/mol. The quantitative estimate of drug-likeness (QED) is 0.0301. The fourth-order valence-corrected chi connectivity index (χ4v) is 8.75. The van der Waals surface area contributed by atoms with E-state index in [-0.39, 0.29) is 42.3 Å². The van der Waals surface area contributed by atoms with E-state index in [2.05, 4.69) is 38.4 Å². The zero-order chi connectivity index (χ0) is 38.7. The lowest BCUT2D eigenvalue weighted by Crippen LogP contribution is -2.39. The third-order valence-electron chi connectivity index (χ3n) is 9.44. The van der Waals surface area contributed by atoms with Gasteiger partial charge < -0.3 is 28.0 Å². The molecule has 54 heavy (non-hydrogen) atoms. The zero-order valence-electron chi connectivity index (χ0n) is 31.8. The Bertz CT molecular complexity index is 1760. The summed E-state index contributed by atoms with van der Waals surface area (Å²) in [4.78, 5) is 11.6. The Morgan fingerprint density at radius 1 is 0.870 bits per heavy atom. The number of hydrogen-bond acceptors (Lipinski definition) is 10. The summed E-state index contributed by atoms with van der Waals surface area (Å²) >= 11 is 0. The molecule has 0 radical (unpaired) electrons. The number of nitro groups is 1. The highest BCUT2D eigenvalue weighted by Crippen LogP contribution is 2.50. The van der Waals surface area contributed by atoms with Crippen LogP contribution in [-0.4, -0.2) is 67.4 Å². The molecule has 0 aliphatic carbocycles. The van der Waals surface area contributed by atoms with E-state index in [0.717, 1.165) is 16.7 Å². The minimum Gasteiger partial charge on any atom is -0.497 e. The predicted molar refractivity (Wildman–Crippen MR) is 208 cm³/mol. The molecule has 4 atom stereocenters. The molecule has 12 heteroatoms. The largest absolute Gasteiger partial charge is 0.497 e. The summed E-state index contributed by atoms with van der Waals surface area (Å²) in [5.41, 5.74) is 2.19. The fourth-order valence-electron chi connectivity index (χ4n) is 6.99. The highest BCUT2D eigenvalue weighted by atomic mass is 31.2. The van der Waals surface area contributed by atoms with Gasteiger partial charge in [-0.1, -0.05) is 72.8 Å². The second-order valence-corrected chi connectivity index (χ2v) is 15.0. The van der Waals surface area contributed by atoms with Crippen molar-refractivity contribution in [2.45, 2.75) is 83.0 Å². The van der Waals surface area contributed by atoms with E-state index in [4.69, 9.17) is 28.0 Å². The summed E-state index contributed by atoms with van der Waals surface area (Å²) < 4.78 is 40.5. The van der Waals surface area contributed by atoms with Gasteiger partial charge in [0.2, 0.25) is 0 Å². The zero-order valence-corrected chi connectivity index (χ0v) is 32.7. The lowest BCUT2D eigenvalue weighted by molar-refractivity contribution is -0.385. The Morgan fingerprint density at radius 2 is 1.43 bits per heavy atom. The monoisotopic (exact) mass is 755 g/mol. The molecule has 1 fully saturated rings. The fraction of sp³-hybridized carbons (Fsp3) is 0.405. The number of rotatable bonds is 19. The molecule has 0 bridgehead atoms. The minimum atomic E-state index is -1.62. The predicted octanol–water partition coefficient (Wildman–Crippen LogP) is 8.98. The summed E-state index contributed by atoms with van der Waals surface area (Å²) in [6.45, 7) is 8.69. The first-order chi connectivity index (χ1) is 26.1. The van der Waals surface area contributed by atoms with Crippen molar-refractivity contribution < 1.29 is 32.9 Å². The molecule has 5 rings (SSSR count). The van der Waals surface area contributed by atoms with Crippen LogP contribution < -0.4 is 9.47 Å². The Balaban J connectivity index is 1.57. The molecule has 0 spiro atoms. The SMILES string of the molecule is COc1ccc(C(OC[C@H]2OC(Cc3ccccc3[N+](=O)[O-])C[C@@H]2OP(OCCC#N)N(C(C)C)C(C)C)(c2ccccc2)c2ccc(OC)cc2)cc1. The minimum absolute atomic E-state index is 0.0493. The van der Waals surface area contributed by atoms with Crippen molar-refractivity contribution in [1.29, 1.82) is 5.26 Å². The Hall–Kier alpha value is -4.40. The average Bonchev–Trinajstić information content (AvgIpc) is 3.56. The summed E-state index contributed by atoms with van der Waals surface area (Å²) in [7, 11) is 1.65. The molecule has 0 amide bonds. The van der Waals surface area contributed by atoms with Crippen LogP contribution in [0.2, 0.25) is 0 Å². The van der Waals surface area contributed by atoms with Crippen LogP contribution in [0.1, 0.15) is 62.8 Å². The lowest BCUT2D eigenvalue weighted by Gasteiger charge is -2.39. The number of benzene rings is 4. The van der Waals surface area contributed by atoms with Crippen molar-refractivity contribution in [2.24, 2.45) is 0 Å². The molecule has 286 valence electrons. The van der Waals surface area contributed by atoms with Crippen molar-refractivity contribution in [3.8, 4) is 17.6 Å². The highest BCUT2D eigenvalue weighted by molar-refractivity contribution is 7.44. The van der Waals surface area contributed by atoms with Crippen molar-refractivity contribution in [2.75, 3.05) is 27.4 Å². The van der Waals surface area contributed by atoms with E-state index in [0.29, 0.717) is 29.9 Å². The number of para-hydroxylation sites is 1. The molecule has 0 aromatic heterocycles. The van der Waals surface area contributed by atoms with E-state index < -0.39 is 32.4 Å². The van der Waals surface area contributed by atoms with Crippen molar-refractivity contribution in [3.05, 3.63) is 135 Å². The van der Waals surface area contributed by atoms with Gasteiger partial charge in [-0.2, -0.15) is 5.26 Å². The van der Waals surface area contributed by atoms with E-state index in [1.165, 1.54) is 6.07 Å². The van der Waals surface area contributed by atoms with Crippen LogP contribution in [0.3, 0.4) is 0 Å². The second kappa shape index (κ2) is 19.3. The van der Waals surface area contributed by atoms with Crippen LogP contribution >= 0.6 is 8.53 Å². The normalized spacial score (nSPS) is 17.8. The van der Waals surface area contributed by atoms with Crippen LogP contribution in [0.25, 0.3) is 0 Å². The van der Waals surface area contributed by atoms with E-state index in [9.17, 15) is 15.4 Å². The Labute approximate surface area is 319 Å². The molecule has 4 aromatic carbocycles. The van der Waals surface area contributed by atoms with Crippen molar-refractivity contribution in [3.63, 3.8) is 0 Å². The van der Waals surface area contributed by atoms with Crippen LogP contribution in [0.15, 0.2) is 103 Å². The first-order valence-electron chi connectivity index (χ1n) is 18.2. The van der Waals surface area contributed by atoms with Gasteiger partial charge in [0.15, 0.2) is 0 Å². The van der Waals surface area contributed by atoms with Gasteiger partial charge in [-0.3, -0.25) is 10.1 Å². The molecule has 0 N–H and O–H groups in total. The van der Waals surface area contributed by atoms with Crippen LogP contribution in [-0.2, 0) is 30.5 Å². The van der Waals surface area contributed by atoms with Gasteiger partial charge in [0.05, 0.1) is 57.1 Å². The third kappa shape index (κ3) is 9.63. The summed E-state index contributed by atoms with van der Waals surface area (Å²) in [6, 6.07) is 34.8. The maximum Gasteiger partial charge on any atom is 0.272 e. The first kappa shape index (κ1) is 40.8. The van der Waals surface area contributed by atoms with Crippen LogP contribution in [0.4, 0.5) is 5.69 Å². The van der Waals surface area contributed by atoms with E-state index in [1.807, 2.05) is 78.9 Å². The van der Waals surface area contributed by atoms with Gasteiger partial charge in [-0.05, 0) is 68.7 Å². The number of methoxy groups -OCH3 is 2. The molecular formula is C42H50N3O8P. The van der Waals surface area contributed by atoms with Crippen LogP contribution in [0, 0.1) is 21.4 Å². The molecule has 0 saturated carbocycles. The standard InChI is InChI=1S/C42H50N3O8P/c1-30(2)44(31(3)4)54(51-26-12-25-43)53-40-28-38(27-32-13-10-11-16-39(32)45(46)47)52-41(40)29-50-42(33-14-8-7-9-15-33,34-17-21-36(48-5)22-18-34)35-19-23-37(49-6)24-20-35/h7-11,13-24,30-31,38,40-41H,12,26-29H2,1-6H3/t38?,40-,41+,54?/m0/s1. The second-order valence-electron chi connectivity index (χ2n) is 13.6. The Kier molecular flexibility index (Phi) is 14.5. The van der Waals surface area contributed by atoms with Gasteiger partial charge in [-0.25, -0.2) is 4.67 Å². The number of hydrogen-bond donors (Lipinski definition) is 0. The maximum atomic E-state index is 12.0. The van der Waals surface area contributed by atoms with E-state index >= 15 is 0 Å². The van der Waals surface area contributed by atoms with Gasteiger partial charge in [0.25, 0.3) is 14.2 Å². The molecule has 1 aliphatic heterocycles. The maximum absolute atomic E-state index is 12.0. The smallest absolute Gasteiger partial charge is 0.272 e.